The summed E-state index contributed by atoms with van der Waals surface area (Å²) in [5.41, 5.74) is 3.50. The van der Waals surface area contributed by atoms with Crippen molar-refractivity contribution in [1.82, 2.24) is 5.43 Å². The van der Waals surface area contributed by atoms with Gasteiger partial charge in [-0.3, -0.25) is 4.79 Å². The van der Waals surface area contributed by atoms with Gasteiger partial charge in [0.25, 0.3) is 5.91 Å². The molecule has 4 rings (SSSR count). The highest BCUT2D eigenvalue weighted by atomic mass is 35.5. The van der Waals surface area contributed by atoms with Crippen LogP contribution >= 0.6 is 22.9 Å². The van der Waals surface area contributed by atoms with Crippen molar-refractivity contribution in [3.63, 3.8) is 0 Å². The van der Waals surface area contributed by atoms with E-state index in [0.29, 0.717) is 9.90 Å². The monoisotopic (exact) mass is 394 g/mol. The summed E-state index contributed by atoms with van der Waals surface area (Å²) in [4.78, 5) is 12.9. The fourth-order valence-electron chi connectivity index (χ4n) is 2.89. The largest absolute Gasteiger partial charge is 0.497 e. The number of hydrazone groups is 1. The molecule has 0 atom stereocenters. The van der Waals surface area contributed by atoms with Crippen molar-refractivity contribution in [2.24, 2.45) is 5.10 Å². The molecule has 0 unspecified atom stereocenters. The third kappa shape index (κ3) is 3.39. The molecule has 0 bridgehead atoms. The van der Waals surface area contributed by atoms with Gasteiger partial charge in [0.1, 0.15) is 10.6 Å². The third-order valence-electron chi connectivity index (χ3n) is 4.24. The van der Waals surface area contributed by atoms with E-state index in [0.717, 1.165) is 32.2 Å². The highest BCUT2D eigenvalue weighted by Crippen LogP contribution is 2.37. The Hall–Kier alpha value is -2.89. The minimum atomic E-state index is -0.336. The summed E-state index contributed by atoms with van der Waals surface area (Å²) in [6.07, 6.45) is 1.64. The Morgan fingerprint density at radius 3 is 2.78 bits per heavy atom. The first-order valence-electron chi connectivity index (χ1n) is 8.24. The quantitative estimate of drug-likeness (QED) is 0.368. The Morgan fingerprint density at radius 1 is 1.11 bits per heavy atom. The summed E-state index contributed by atoms with van der Waals surface area (Å²) in [6, 6.07) is 19.5. The summed E-state index contributed by atoms with van der Waals surface area (Å²) in [5.74, 6) is 0.387. The average Bonchev–Trinajstić information content (AvgIpc) is 3.04. The van der Waals surface area contributed by atoms with Crippen molar-refractivity contribution < 1.29 is 9.53 Å². The molecule has 0 saturated carbocycles. The molecule has 0 saturated heterocycles. The lowest BCUT2D eigenvalue weighted by Gasteiger charge is -2.01. The van der Waals surface area contributed by atoms with Crippen molar-refractivity contribution in [3.05, 3.63) is 76.1 Å². The second-order valence-corrected chi connectivity index (χ2v) is 7.30. The SMILES string of the molecule is COc1ccc2c(Cl)c(C(=O)N/N=C\c3cccc4ccccc34)sc2c1. The summed E-state index contributed by atoms with van der Waals surface area (Å²) in [7, 11) is 1.60. The van der Waals surface area contributed by atoms with E-state index in [1.807, 2.05) is 60.7 Å². The number of rotatable bonds is 4. The number of carbonyl (C=O) groups is 1. The lowest BCUT2D eigenvalue weighted by Crippen LogP contribution is -2.16. The molecule has 1 aromatic heterocycles. The van der Waals surface area contributed by atoms with E-state index in [4.69, 9.17) is 16.3 Å². The lowest BCUT2D eigenvalue weighted by molar-refractivity contribution is 0.0959. The van der Waals surface area contributed by atoms with Crippen LogP contribution in [-0.4, -0.2) is 19.2 Å². The summed E-state index contributed by atoms with van der Waals surface area (Å²) in [5, 5.41) is 7.56. The molecule has 0 radical (unpaired) electrons. The maximum Gasteiger partial charge on any atom is 0.283 e. The molecular formula is C21H15ClN2O2S. The molecule has 0 aliphatic carbocycles. The Morgan fingerprint density at radius 2 is 1.93 bits per heavy atom. The molecule has 0 aliphatic rings. The summed E-state index contributed by atoms with van der Waals surface area (Å²) in [6.45, 7) is 0. The number of fused-ring (bicyclic) bond motifs is 2. The van der Waals surface area contributed by atoms with Crippen LogP contribution in [0.3, 0.4) is 0 Å². The van der Waals surface area contributed by atoms with Crippen LogP contribution in [0.4, 0.5) is 0 Å². The van der Waals surface area contributed by atoms with Gasteiger partial charge in [0.15, 0.2) is 0 Å². The third-order valence-corrected chi connectivity index (χ3v) is 5.89. The van der Waals surface area contributed by atoms with Crippen LogP contribution in [0, 0.1) is 0 Å². The molecule has 3 aromatic carbocycles. The van der Waals surface area contributed by atoms with Gasteiger partial charge in [-0.15, -0.1) is 11.3 Å². The van der Waals surface area contributed by atoms with Crippen LogP contribution in [0.1, 0.15) is 15.2 Å². The van der Waals surface area contributed by atoms with Gasteiger partial charge in [-0.2, -0.15) is 5.10 Å². The van der Waals surface area contributed by atoms with Gasteiger partial charge in [0.2, 0.25) is 0 Å². The molecule has 6 heteroatoms. The van der Waals surface area contributed by atoms with Crippen LogP contribution in [0.25, 0.3) is 20.9 Å². The van der Waals surface area contributed by atoms with E-state index < -0.39 is 0 Å². The Labute approximate surface area is 165 Å². The zero-order valence-electron chi connectivity index (χ0n) is 14.4. The molecule has 0 fully saturated rings. The molecule has 1 N–H and O–H groups in total. The van der Waals surface area contributed by atoms with Crippen LogP contribution in [0.15, 0.2) is 65.8 Å². The minimum Gasteiger partial charge on any atom is -0.497 e. The summed E-state index contributed by atoms with van der Waals surface area (Å²) >= 11 is 7.69. The molecule has 1 heterocycles. The van der Waals surface area contributed by atoms with E-state index >= 15 is 0 Å². The minimum absolute atomic E-state index is 0.336. The van der Waals surface area contributed by atoms with E-state index in [9.17, 15) is 4.79 Å². The number of amides is 1. The summed E-state index contributed by atoms with van der Waals surface area (Å²) < 4.78 is 6.11. The van der Waals surface area contributed by atoms with Crippen LogP contribution < -0.4 is 10.2 Å². The van der Waals surface area contributed by atoms with Gasteiger partial charge in [0.05, 0.1) is 18.3 Å². The zero-order chi connectivity index (χ0) is 18.8. The number of thiophene rings is 1. The second kappa shape index (κ2) is 7.39. The maximum absolute atomic E-state index is 12.5. The van der Waals surface area contributed by atoms with Crippen molar-refractivity contribution >= 4 is 55.9 Å². The van der Waals surface area contributed by atoms with Gasteiger partial charge >= 0.3 is 0 Å². The lowest BCUT2D eigenvalue weighted by atomic mass is 10.1. The second-order valence-electron chi connectivity index (χ2n) is 5.87. The van der Waals surface area contributed by atoms with Gasteiger partial charge in [-0.1, -0.05) is 54.1 Å². The first-order valence-corrected chi connectivity index (χ1v) is 9.44. The van der Waals surface area contributed by atoms with E-state index in [2.05, 4.69) is 10.5 Å². The van der Waals surface area contributed by atoms with Crippen LogP contribution in [-0.2, 0) is 0 Å². The Bertz CT molecular complexity index is 1180. The standard InChI is InChI=1S/C21H15ClN2O2S/c1-26-15-9-10-17-18(11-15)27-20(19(17)22)21(25)24-23-12-14-7-4-6-13-5-2-3-8-16(13)14/h2-12H,1H3,(H,24,25)/b23-12-. The number of nitrogens with zero attached hydrogens (tertiary/aromatic N) is 1. The predicted molar refractivity (Wildman–Crippen MR) is 112 cm³/mol. The highest BCUT2D eigenvalue weighted by Gasteiger charge is 2.17. The first-order chi connectivity index (χ1) is 13.2. The van der Waals surface area contributed by atoms with Crippen molar-refractivity contribution in [1.29, 1.82) is 0 Å². The normalized spacial score (nSPS) is 11.3. The Kier molecular flexibility index (Phi) is 4.79. The number of hydrogen-bond acceptors (Lipinski definition) is 4. The van der Waals surface area contributed by atoms with Crippen molar-refractivity contribution in [2.45, 2.75) is 0 Å². The zero-order valence-corrected chi connectivity index (χ0v) is 16.0. The van der Waals surface area contributed by atoms with Gasteiger partial charge in [-0.25, -0.2) is 5.43 Å². The van der Waals surface area contributed by atoms with Gasteiger partial charge in [-0.05, 0) is 29.0 Å². The predicted octanol–water partition coefficient (Wildman–Crippen LogP) is 5.48. The molecule has 4 nitrogen and oxygen atoms in total. The van der Waals surface area contributed by atoms with Crippen molar-refractivity contribution in [2.75, 3.05) is 7.11 Å². The van der Waals surface area contributed by atoms with E-state index in [1.54, 1.807) is 13.3 Å². The Balaban J connectivity index is 1.58. The fourth-order valence-corrected chi connectivity index (χ4v) is 4.33. The number of ether oxygens (including phenoxy) is 1. The van der Waals surface area contributed by atoms with Gasteiger partial charge in [0, 0.05) is 15.6 Å². The van der Waals surface area contributed by atoms with Crippen LogP contribution in [0.2, 0.25) is 5.02 Å². The molecule has 4 aromatic rings. The number of benzene rings is 3. The molecule has 134 valence electrons. The number of nitrogens with one attached hydrogen (secondary N) is 1. The first kappa shape index (κ1) is 17.5. The molecular weight excluding hydrogens is 380 g/mol. The average molecular weight is 395 g/mol. The van der Waals surface area contributed by atoms with Crippen molar-refractivity contribution in [3.8, 4) is 5.75 Å². The number of methoxy groups -OCH3 is 1. The molecule has 0 spiro atoms. The topological polar surface area (TPSA) is 50.7 Å². The maximum atomic E-state index is 12.5. The number of halogens is 1. The molecule has 27 heavy (non-hydrogen) atoms. The molecule has 1 amide bonds. The van der Waals surface area contributed by atoms with Gasteiger partial charge < -0.3 is 4.74 Å². The van der Waals surface area contributed by atoms with E-state index in [1.165, 1.54) is 11.3 Å². The van der Waals surface area contributed by atoms with E-state index in [-0.39, 0.29) is 5.91 Å². The fraction of sp³-hybridized carbons (Fsp3) is 0.0476. The molecule has 0 aliphatic heterocycles. The number of hydrogen-bond donors (Lipinski definition) is 1. The highest BCUT2D eigenvalue weighted by molar-refractivity contribution is 7.21. The smallest absolute Gasteiger partial charge is 0.283 e. The van der Waals surface area contributed by atoms with Crippen LogP contribution in [0.5, 0.6) is 5.75 Å². The number of carbonyl (C=O) groups excluding carboxylic acids is 1.